The quantitative estimate of drug-likeness (QED) is 0.658. The van der Waals surface area contributed by atoms with Crippen LogP contribution in [0.1, 0.15) is 34.1 Å². The van der Waals surface area contributed by atoms with Crippen LogP contribution in [0.25, 0.3) is 11.0 Å². The number of para-hydroxylation sites is 2. The predicted molar refractivity (Wildman–Crippen MR) is 124 cm³/mol. The molecule has 2 aromatic rings. The number of piperazine rings is 1. The maximum absolute atomic E-state index is 12.6. The van der Waals surface area contributed by atoms with Gasteiger partial charge in [-0.2, -0.15) is 0 Å². The smallest absolute Gasteiger partial charge is 0.410 e. The van der Waals surface area contributed by atoms with Crippen molar-refractivity contribution in [2.75, 3.05) is 39.3 Å². The zero-order chi connectivity index (χ0) is 23.3. The Kier molecular flexibility index (Phi) is 7.60. The number of fused-ring (bicyclic) bond motifs is 1. The standard InChI is InChI=1S/C23H35N5O4/c1-5-27-18-9-6-7-10-19(18)28(21(27)30)17-20(29)24-11-8-12-25-13-15-26(16-14-25)22(31)32-23(2,3)4/h6-7,9-10H,5,8,11-17H2,1-4H3,(H,24,29). The summed E-state index contributed by atoms with van der Waals surface area (Å²) in [6.07, 6.45) is 0.549. The van der Waals surface area contributed by atoms with Crippen LogP contribution in [-0.2, 0) is 22.6 Å². The van der Waals surface area contributed by atoms with E-state index in [0.29, 0.717) is 26.2 Å². The van der Waals surface area contributed by atoms with Gasteiger partial charge in [-0.15, -0.1) is 0 Å². The molecule has 1 aromatic heterocycles. The average Bonchev–Trinajstić information content (AvgIpc) is 3.01. The van der Waals surface area contributed by atoms with Crippen LogP contribution in [0.3, 0.4) is 0 Å². The SMILES string of the molecule is CCn1c(=O)n(CC(=O)NCCCN2CCN(C(=O)OC(C)(C)C)CC2)c2ccccc21. The van der Waals surface area contributed by atoms with Gasteiger partial charge in [-0.3, -0.25) is 18.8 Å². The van der Waals surface area contributed by atoms with Gasteiger partial charge in [0.05, 0.1) is 11.0 Å². The lowest BCUT2D eigenvalue weighted by Gasteiger charge is -2.35. The summed E-state index contributed by atoms with van der Waals surface area (Å²) in [5.41, 5.74) is 0.977. The third-order valence-corrected chi connectivity index (χ3v) is 5.54. The molecule has 0 aliphatic carbocycles. The zero-order valence-electron chi connectivity index (χ0n) is 19.6. The third kappa shape index (κ3) is 5.91. The molecule has 2 amide bonds. The average molecular weight is 446 g/mol. The monoisotopic (exact) mass is 445 g/mol. The van der Waals surface area contributed by atoms with Gasteiger partial charge in [0, 0.05) is 39.3 Å². The summed E-state index contributed by atoms with van der Waals surface area (Å²) in [4.78, 5) is 41.3. The van der Waals surface area contributed by atoms with Crippen LogP contribution in [0, 0.1) is 0 Å². The van der Waals surface area contributed by atoms with E-state index in [0.717, 1.165) is 37.1 Å². The number of aryl methyl sites for hydroxylation is 1. The molecule has 0 saturated carbocycles. The first-order valence-electron chi connectivity index (χ1n) is 11.3. The molecule has 0 spiro atoms. The van der Waals surface area contributed by atoms with Crippen LogP contribution in [-0.4, -0.2) is 75.8 Å². The highest BCUT2D eigenvalue weighted by Gasteiger charge is 2.25. The molecule has 0 unspecified atom stereocenters. The van der Waals surface area contributed by atoms with Crippen molar-refractivity contribution in [3.05, 3.63) is 34.7 Å². The van der Waals surface area contributed by atoms with Crippen LogP contribution in [0.4, 0.5) is 4.79 Å². The summed E-state index contributed by atoms with van der Waals surface area (Å²) in [6, 6.07) is 7.54. The Hall–Kier alpha value is -2.81. The zero-order valence-corrected chi connectivity index (χ0v) is 19.6. The fourth-order valence-electron chi connectivity index (χ4n) is 3.94. The van der Waals surface area contributed by atoms with Crippen molar-refractivity contribution >= 4 is 23.0 Å². The number of imidazole rings is 1. The van der Waals surface area contributed by atoms with E-state index >= 15 is 0 Å². The summed E-state index contributed by atoms with van der Waals surface area (Å²) in [5.74, 6) is -0.166. The van der Waals surface area contributed by atoms with Gasteiger partial charge in [-0.25, -0.2) is 9.59 Å². The van der Waals surface area contributed by atoms with E-state index in [2.05, 4.69) is 10.2 Å². The maximum Gasteiger partial charge on any atom is 0.410 e. The van der Waals surface area contributed by atoms with Crippen LogP contribution >= 0.6 is 0 Å². The number of benzene rings is 1. The van der Waals surface area contributed by atoms with Crippen molar-refractivity contribution in [2.45, 2.75) is 52.8 Å². The molecule has 176 valence electrons. The summed E-state index contributed by atoms with van der Waals surface area (Å²) in [6.45, 7) is 12.4. The molecule has 0 radical (unpaired) electrons. The molecule has 1 aromatic carbocycles. The van der Waals surface area contributed by atoms with Crippen molar-refractivity contribution in [1.82, 2.24) is 24.3 Å². The van der Waals surface area contributed by atoms with Gasteiger partial charge >= 0.3 is 11.8 Å². The minimum absolute atomic E-state index is 0.0148. The largest absolute Gasteiger partial charge is 0.444 e. The van der Waals surface area contributed by atoms with Crippen molar-refractivity contribution < 1.29 is 14.3 Å². The van der Waals surface area contributed by atoms with Gasteiger partial charge in [0.25, 0.3) is 0 Å². The van der Waals surface area contributed by atoms with Crippen molar-refractivity contribution in [3.63, 3.8) is 0 Å². The molecule has 9 heteroatoms. The predicted octanol–water partition coefficient (Wildman–Crippen LogP) is 1.88. The van der Waals surface area contributed by atoms with E-state index < -0.39 is 5.60 Å². The Morgan fingerprint density at radius 3 is 2.25 bits per heavy atom. The second-order valence-corrected chi connectivity index (χ2v) is 9.11. The van der Waals surface area contributed by atoms with Crippen LogP contribution < -0.4 is 11.0 Å². The lowest BCUT2D eigenvalue weighted by Crippen LogP contribution is -2.50. The number of carbonyl (C=O) groups is 2. The minimum atomic E-state index is -0.483. The van der Waals surface area contributed by atoms with Crippen molar-refractivity contribution in [3.8, 4) is 0 Å². The summed E-state index contributed by atoms with van der Waals surface area (Å²) < 4.78 is 8.64. The molecule has 1 fully saturated rings. The lowest BCUT2D eigenvalue weighted by molar-refractivity contribution is -0.121. The number of rotatable bonds is 7. The first-order chi connectivity index (χ1) is 15.2. The fraction of sp³-hybridized carbons (Fsp3) is 0.609. The summed E-state index contributed by atoms with van der Waals surface area (Å²) >= 11 is 0. The number of ether oxygens (including phenoxy) is 1. The molecular weight excluding hydrogens is 410 g/mol. The van der Waals surface area contributed by atoms with Gasteiger partial charge in [-0.1, -0.05) is 12.1 Å². The minimum Gasteiger partial charge on any atom is -0.444 e. The molecule has 3 rings (SSSR count). The summed E-state index contributed by atoms with van der Waals surface area (Å²) in [5, 5.41) is 2.92. The highest BCUT2D eigenvalue weighted by atomic mass is 16.6. The van der Waals surface area contributed by atoms with E-state index in [-0.39, 0.29) is 24.2 Å². The lowest BCUT2D eigenvalue weighted by atomic mass is 10.2. The molecule has 0 atom stereocenters. The van der Waals surface area contributed by atoms with Gasteiger partial charge in [0.1, 0.15) is 12.1 Å². The molecule has 2 heterocycles. The molecule has 32 heavy (non-hydrogen) atoms. The Bertz CT molecular complexity index is 996. The number of hydrogen-bond acceptors (Lipinski definition) is 5. The highest BCUT2D eigenvalue weighted by molar-refractivity contribution is 5.80. The number of nitrogens with zero attached hydrogens (tertiary/aromatic N) is 4. The van der Waals surface area contributed by atoms with Gasteiger partial charge in [0.2, 0.25) is 5.91 Å². The molecule has 0 bridgehead atoms. The van der Waals surface area contributed by atoms with E-state index in [1.807, 2.05) is 52.0 Å². The molecule has 1 aliphatic heterocycles. The number of aromatic nitrogens is 2. The van der Waals surface area contributed by atoms with E-state index in [4.69, 9.17) is 4.74 Å². The molecule has 1 N–H and O–H groups in total. The molecule has 1 saturated heterocycles. The van der Waals surface area contributed by atoms with Crippen LogP contribution in [0.5, 0.6) is 0 Å². The van der Waals surface area contributed by atoms with E-state index in [1.54, 1.807) is 9.47 Å². The van der Waals surface area contributed by atoms with E-state index in [1.165, 1.54) is 4.57 Å². The van der Waals surface area contributed by atoms with Crippen LogP contribution in [0.2, 0.25) is 0 Å². The Balaban J connectivity index is 1.41. The van der Waals surface area contributed by atoms with Gasteiger partial charge in [0.15, 0.2) is 0 Å². The number of carbonyl (C=O) groups excluding carboxylic acids is 2. The Morgan fingerprint density at radius 2 is 1.66 bits per heavy atom. The molecule has 1 aliphatic rings. The van der Waals surface area contributed by atoms with Crippen molar-refractivity contribution in [2.24, 2.45) is 0 Å². The highest BCUT2D eigenvalue weighted by Crippen LogP contribution is 2.13. The second kappa shape index (κ2) is 10.2. The van der Waals surface area contributed by atoms with Crippen molar-refractivity contribution in [1.29, 1.82) is 0 Å². The Morgan fingerprint density at radius 1 is 1.03 bits per heavy atom. The molecule has 9 nitrogen and oxygen atoms in total. The summed E-state index contributed by atoms with van der Waals surface area (Å²) in [7, 11) is 0. The first-order valence-corrected chi connectivity index (χ1v) is 11.3. The second-order valence-electron chi connectivity index (χ2n) is 9.11. The first kappa shape index (κ1) is 23.8. The Labute approximate surface area is 188 Å². The number of nitrogens with one attached hydrogen (secondary N) is 1. The topological polar surface area (TPSA) is 88.8 Å². The fourth-order valence-corrected chi connectivity index (χ4v) is 3.94. The number of hydrogen-bond donors (Lipinski definition) is 1. The van der Waals surface area contributed by atoms with Crippen LogP contribution in [0.15, 0.2) is 29.1 Å². The third-order valence-electron chi connectivity index (χ3n) is 5.54. The van der Waals surface area contributed by atoms with Gasteiger partial charge in [-0.05, 0) is 52.8 Å². The molecular formula is C23H35N5O4. The van der Waals surface area contributed by atoms with E-state index in [9.17, 15) is 14.4 Å². The normalized spacial score (nSPS) is 15.2. The maximum atomic E-state index is 12.6. The number of amides is 2. The van der Waals surface area contributed by atoms with Gasteiger partial charge < -0.3 is 15.0 Å².